The van der Waals surface area contributed by atoms with Crippen LogP contribution in [0.3, 0.4) is 0 Å². The Hall–Kier alpha value is -2.31. The summed E-state index contributed by atoms with van der Waals surface area (Å²) in [5.74, 6) is 1.44. The minimum Gasteiger partial charge on any atom is -0.457 e. The molecule has 2 aromatic carbocycles. The largest absolute Gasteiger partial charge is 0.457 e. The molecule has 0 saturated heterocycles. The number of aryl methyl sites for hydroxylation is 1. The van der Waals surface area contributed by atoms with Crippen LogP contribution in [-0.2, 0) is 6.61 Å². The average Bonchev–Trinajstić information content (AvgIpc) is 2.42. The first-order valence-corrected chi connectivity index (χ1v) is 5.61. The van der Waals surface area contributed by atoms with Crippen molar-refractivity contribution in [1.29, 1.82) is 5.26 Å². The van der Waals surface area contributed by atoms with Gasteiger partial charge in [-0.3, -0.25) is 0 Å². The zero-order valence-corrected chi connectivity index (χ0v) is 10.1. The van der Waals surface area contributed by atoms with Gasteiger partial charge in [0.1, 0.15) is 11.5 Å². The average molecular weight is 239 g/mol. The van der Waals surface area contributed by atoms with Crippen LogP contribution >= 0.6 is 0 Å². The summed E-state index contributed by atoms with van der Waals surface area (Å²) in [6.45, 7) is 1.95. The zero-order chi connectivity index (χ0) is 13.0. The van der Waals surface area contributed by atoms with Crippen LogP contribution in [0.1, 0.15) is 16.7 Å². The molecule has 0 bridgehead atoms. The van der Waals surface area contributed by atoms with Crippen molar-refractivity contribution in [3.63, 3.8) is 0 Å². The first-order chi connectivity index (χ1) is 8.72. The highest BCUT2D eigenvalue weighted by molar-refractivity contribution is 5.41. The van der Waals surface area contributed by atoms with E-state index in [0.717, 1.165) is 16.9 Å². The van der Waals surface area contributed by atoms with E-state index in [1.807, 2.05) is 25.1 Å². The second-order valence-electron chi connectivity index (χ2n) is 4.00. The summed E-state index contributed by atoms with van der Waals surface area (Å²) in [6, 6.07) is 14.6. The van der Waals surface area contributed by atoms with Crippen LogP contribution < -0.4 is 4.74 Å². The van der Waals surface area contributed by atoms with Crippen LogP contribution in [0.25, 0.3) is 0 Å². The lowest BCUT2D eigenvalue weighted by molar-refractivity contribution is 0.281. The molecular weight excluding hydrogens is 226 g/mol. The number of benzene rings is 2. The third-order valence-electron chi connectivity index (χ3n) is 2.63. The summed E-state index contributed by atoms with van der Waals surface area (Å²) in [5.41, 5.74) is 2.43. The van der Waals surface area contributed by atoms with Gasteiger partial charge in [0.2, 0.25) is 0 Å². The predicted molar refractivity (Wildman–Crippen MR) is 68.3 cm³/mol. The Morgan fingerprint density at radius 2 is 1.89 bits per heavy atom. The number of hydrogen-bond acceptors (Lipinski definition) is 3. The Bertz CT molecular complexity index is 582. The molecule has 0 fully saturated rings. The standard InChI is InChI=1S/C15H13NO2/c1-11-8-13(10-17)4-7-15(11)18-14-5-2-12(9-16)3-6-14/h2-8,17H,10H2,1H3. The van der Waals surface area contributed by atoms with E-state index in [1.54, 1.807) is 24.3 Å². The summed E-state index contributed by atoms with van der Waals surface area (Å²) in [5, 5.41) is 17.7. The fraction of sp³-hybridized carbons (Fsp3) is 0.133. The van der Waals surface area contributed by atoms with E-state index in [4.69, 9.17) is 15.1 Å². The molecule has 2 rings (SSSR count). The molecular formula is C15H13NO2. The number of aliphatic hydroxyl groups excluding tert-OH is 1. The number of hydrogen-bond donors (Lipinski definition) is 1. The monoisotopic (exact) mass is 239 g/mol. The van der Waals surface area contributed by atoms with Crippen LogP contribution in [0.15, 0.2) is 42.5 Å². The van der Waals surface area contributed by atoms with Gasteiger partial charge in [0.15, 0.2) is 0 Å². The molecule has 0 radical (unpaired) electrons. The van der Waals surface area contributed by atoms with Crippen molar-refractivity contribution in [2.24, 2.45) is 0 Å². The molecule has 0 atom stereocenters. The van der Waals surface area contributed by atoms with Crippen molar-refractivity contribution < 1.29 is 9.84 Å². The van der Waals surface area contributed by atoms with Crippen molar-refractivity contribution in [2.45, 2.75) is 13.5 Å². The molecule has 1 N–H and O–H groups in total. The van der Waals surface area contributed by atoms with E-state index < -0.39 is 0 Å². The molecule has 0 spiro atoms. The SMILES string of the molecule is Cc1cc(CO)ccc1Oc1ccc(C#N)cc1. The van der Waals surface area contributed by atoms with Gasteiger partial charge in [-0.05, 0) is 48.4 Å². The maximum Gasteiger partial charge on any atom is 0.130 e. The van der Waals surface area contributed by atoms with Crippen molar-refractivity contribution in [2.75, 3.05) is 0 Å². The molecule has 0 aromatic heterocycles. The van der Waals surface area contributed by atoms with Crippen LogP contribution in [0.2, 0.25) is 0 Å². The minimum absolute atomic E-state index is 0.0258. The quantitative estimate of drug-likeness (QED) is 0.895. The van der Waals surface area contributed by atoms with Gasteiger partial charge in [0.25, 0.3) is 0 Å². The highest BCUT2D eigenvalue weighted by Gasteiger charge is 2.02. The highest BCUT2D eigenvalue weighted by Crippen LogP contribution is 2.25. The normalized spacial score (nSPS) is 9.83. The molecule has 2 aromatic rings. The zero-order valence-electron chi connectivity index (χ0n) is 10.1. The number of nitriles is 1. The second kappa shape index (κ2) is 5.35. The fourth-order valence-corrected chi connectivity index (χ4v) is 1.65. The van der Waals surface area contributed by atoms with Gasteiger partial charge >= 0.3 is 0 Å². The molecule has 0 amide bonds. The van der Waals surface area contributed by atoms with Crippen LogP contribution in [-0.4, -0.2) is 5.11 Å². The van der Waals surface area contributed by atoms with Gasteiger partial charge in [0, 0.05) is 0 Å². The summed E-state index contributed by atoms with van der Waals surface area (Å²) < 4.78 is 5.72. The smallest absolute Gasteiger partial charge is 0.130 e. The van der Waals surface area contributed by atoms with Gasteiger partial charge in [-0.1, -0.05) is 12.1 Å². The lowest BCUT2D eigenvalue weighted by Gasteiger charge is -2.09. The van der Waals surface area contributed by atoms with E-state index in [-0.39, 0.29) is 6.61 Å². The minimum atomic E-state index is 0.0258. The molecule has 0 heterocycles. The van der Waals surface area contributed by atoms with Gasteiger partial charge in [-0.15, -0.1) is 0 Å². The Labute approximate surface area is 106 Å². The molecule has 0 aliphatic carbocycles. The molecule has 0 aliphatic rings. The predicted octanol–water partition coefficient (Wildman–Crippen LogP) is 3.15. The van der Waals surface area contributed by atoms with Crippen molar-refractivity contribution in [1.82, 2.24) is 0 Å². The van der Waals surface area contributed by atoms with Crippen molar-refractivity contribution >= 4 is 0 Å². The third kappa shape index (κ3) is 2.68. The lowest BCUT2D eigenvalue weighted by Crippen LogP contribution is -1.90. The second-order valence-corrected chi connectivity index (χ2v) is 4.00. The first kappa shape index (κ1) is 12.2. The number of ether oxygens (including phenoxy) is 1. The van der Waals surface area contributed by atoms with E-state index >= 15 is 0 Å². The number of rotatable bonds is 3. The summed E-state index contributed by atoms with van der Waals surface area (Å²) in [7, 11) is 0. The van der Waals surface area contributed by atoms with Crippen molar-refractivity contribution in [3.8, 4) is 17.6 Å². The molecule has 18 heavy (non-hydrogen) atoms. The van der Waals surface area contributed by atoms with E-state index in [1.165, 1.54) is 0 Å². The lowest BCUT2D eigenvalue weighted by atomic mass is 10.1. The summed E-state index contributed by atoms with van der Waals surface area (Å²) >= 11 is 0. The van der Waals surface area contributed by atoms with Crippen molar-refractivity contribution in [3.05, 3.63) is 59.2 Å². The molecule has 3 heteroatoms. The first-order valence-electron chi connectivity index (χ1n) is 5.61. The third-order valence-corrected chi connectivity index (χ3v) is 2.63. The van der Waals surface area contributed by atoms with Crippen LogP contribution in [0.5, 0.6) is 11.5 Å². The molecule has 0 aliphatic heterocycles. The van der Waals surface area contributed by atoms with Gasteiger partial charge in [-0.2, -0.15) is 5.26 Å². The topological polar surface area (TPSA) is 53.2 Å². The van der Waals surface area contributed by atoms with Gasteiger partial charge in [0.05, 0.1) is 18.2 Å². The Morgan fingerprint density at radius 3 is 2.44 bits per heavy atom. The molecule has 0 unspecified atom stereocenters. The fourth-order valence-electron chi connectivity index (χ4n) is 1.65. The Kier molecular flexibility index (Phi) is 3.61. The molecule has 3 nitrogen and oxygen atoms in total. The van der Waals surface area contributed by atoms with E-state index in [0.29, 0.717) is 11.3 Å². The summed E-state index contributed by atoms with van der Waals surface area (Å²) in [4.78, 5) is 0. The molecule has 90 valence electrons. The maximum absolute atomic E-state index is 9.03. The van der Waals surface area contributed by atoms with Crippen LogP contribution in [0, 0.1) is 18.3 Å². The van der Waals surface area contributed by atoms with Gasteiger partial charge in [-0.25, -0.2) is 0 Å². The number of nitrogens with zero attached hydrogens (tertiary/aromatic N) is 1. The summed E-state index contributed by atoms with van der Waals surface area (Å²) in [6.07, 6.45) is 0. The van der Waals surface area contributed by atoms with E-state index in [2.05, 4.69) is 6.07 Å². The highest BCUT2D eigenvalue weighted by atomic mass is 16.5. The Balaban J connectivity index is 2.20. The van der Waals surface area contributed by atoms with Crippen LogP contribution in [0.4, 0.5) is 0 Å². The van der Waals surface area contributed by atoms with Gasteiger partial charge < -0.3 is 9.84 Å². The Morgan fingerprint density at radius 1 is 1.17 bits per heavy atom. The molecule has 0 saturated carbocycles. The maximum atomic E-state index is 9.03. The van der Waals surface area contributed by atoms with E-state index in [9.17, 15) is 0 Å². The number of aliphatic hydroxyl groups is 1.